The second-order valence-electron chi connectivity index (χ2n) is 7.74. The molecule has 0 aliphatic carbocycles. The van der Waals surface area contributed by atoms with Crippen molar-refractivity contribution in [1.82, 2.24) is 21.3 Å². The molecule has 13 nitrogen and oxygen atoms in total. The number of ether oxygens (including phenoxy) is 5. The lowest BCUT2D eigenvalue weighted by atomic mass is 10.4. The average Bonchev–Trinajstić information content (AvgIpc) is 2.86. The molecule has 0 unspecified atom stereocenters. The summed E-state index contributed by atoms with van der Waals surface area (Å²) in [6, 6.07) is -0.680. The predicted molar refractivity (Wildman–Crippen MR) is 136 cm³/mol. The van der Waals surface area contributed by atoms with E-state index in [4.69, 9.17) is 23.7 Å². The highest BCUT2D eigenvalue weighted by Gasteiger charge is 2.05. The molecule has 0 rings (SSSR count). The first kappa shape index (κ1) is 33.8. The van der Waals surface area contributed by atoms with Gasteiger partial charge in [-0.2, -0.15) is 0 Å². The van der Waals surface area contributed by atoms with Crippen LogP contribution in [0.3, 0.4) is 0 Å². The number of rotatable bonds is 22. The molecule has 0 bridgehead atoms. The number of carbonyl (C=O) groups excluding carboxylic acids is 4. The lowest BCUT2D eigenvalue weighted by molar-refractivity contribution is -0.139. The molecule has 0 aliphatic heterocycles. The molecule has 0 aromatic heterocycles. The van der Waals surface area contributed by atoms with Crippen LogP contribution in [-0.4, -0.2) is 103 Å². The molecular formula is C24H42N4O9. The summed E-state index contributed by atoms with van der Waals surface area (Å²) in [5, 5.41) is 10.5. The first-order valence-corrected chi connectivity index (χ1v) is 12.2. The van der Waals surface area contributed by atoms with E-state index in [1.165, 1.54) is 0 Å². The molecule has 13 heteroatoms. The van der Waals surface area contributed by atoms with Gasteiger partial charge in [0.15, 0.2) is 0 Å². The van der Waals surface area contributed by atoms with Crippen molar-refractivity contribution in [2.75, 3.05) is 79.0 Å². The van der Waals surface area contributed by atoms with Crippen molar-refractivity contribution < 1.29 is 42.9 Å². The number of hydrogen-bond donors (Lipinski definition) is 4. The highest BCUT2D eigenvalue weighted by atomic mass is 16.5. The zero-order valence-corrected chi connectivity index (χ0v) is 22.0. The van der Waals surface area contributed by atoms with Gasteiger partial charge in [0.05, 0.1) is 39.5 Å². The van der Waals surface area contributed by atoms with E-state index in [9.17, 15) is 19.2 Å². The van der Waals surface area contributed by atoms with Crippen molar-refractivity contribution in [2.45, 2.75) is 26.7 Å². The second kappa shape index (κ2) is 23.3. The molecule has 0 aliphatic rings. The largest absolute Gasteiger partial charge is 0.460 e. The molecular weight excluding hydrogens is 488 g/mol. The van der Waals surface area contributed by atoms with Crippen molar-refractivity contribution in [1.29, 1.82) is 0 Å². The van der Waals surface area contributed by atoms with Gasteiger partial charge in [-0.05, 0) is 26.7 Å². The summed E-state index contributed by atoms with van der Waals surface area (Å²) in [5.41, 5.74) is 0.623. The third-order valence-electron chi connectivity index (χ3n) is 4.18. The third-order valence-corrected chi connectivity index (χ3v) is 4.18. The van der Waals surface area contributed by atoms with Gasteiger partial charge in [-0.3, -0.25) is 0 Å². The molecule has 0 aromatic carbocycles. The Kier molecular flexibility index (Phi) is 21.3. The summed E-state index contributed by atoms with van der Waals surface area (Å²) < 4.78 is 26.0. The van der Waals surface area contributed by atoms with Crippen molar-refractivity contribution in [3.63, 3.8) is 0 Å². The smallest absolute Gasteiger partial charge is 0.333 e. The predicted octanol–water partition coefficient (Wildman–Crippen LogP) is 0.653. The molecule has 212 valence electrons. The highest BCUT2D eigenvalue weighted by molar-refractivity contribution is 5.87. The lowest BCUT2D eigenvalue weighted by Crippen LogP contribution is -2.38. The minimum absolute atomic E-state index is 0.0855. The molecule has 4 N–H and O–H groups in total. The molecule has 0 saturated carbocycles. The maximum Gasteiger partial charge on any atom is 0.333 e. The van der Waals surface area contributed by atoms with Crippen molar-refractivity contribution in [2.24, 2.45) is 0 Å². The molecule has 37 heavy (non-hydrogen) atoms. The number of carbonyl (C=O) groups is 4. The number of urea groups is 2. The monoisotopic (exact) mass is 530 g/mol. The molecule has 0 aromatic rings. The molecule has 0 radical (unpaired) electrons. The Bertz CT molecular complexity index is 658. The van der Waals surface area contributed by atoms with E-state index in [1.807, 2.05) is 0 Å². The van der Waals surface area contributed by atoms with Crippen LogP contribution < -0.4 is 21.3 Å². The summed E-state index contributed by atoms with van der Waals surface area (Å²) in [5.74, 6) is -0.969. The Morgan fingerprint density at radius 1 is 0.514 bits per heavy atom. The fraction of sp³-hybridized carbons (Fsp3) is 0.667. The molecule has 0 fully saturated rings. The molecule has 0 atom stereocenters. The van der Waals surface area contributed by atoms with Gasteiger partial charge in [0.1, 0.15) is 13.2 Å². The lowest BCUT2D eigenvalue weighted by Gasteiger charge is -2.09. The van der Waals surface area contributed by atoms with Crippen LogP contribution >= 0.6 is 0 Å². The van der Waals surface area contributed by atoms with E-state index in [1.54, 1.807) is 13.8 Å². The summed E-state index contributed by atoms with van der Waals surface area (Å²) in [4.78, 5) is 45.5. The van der Waals surface area contributed by atoms with Crippen LogP contribution in [0.25, 0.3) is 0 Å². The zero-order chi connectivity index (χ0) is 27.7. The number of amides is 4. The van der Waals surface area contributed by atoms with Crippen LogP contribution in [0.1, 0.15) is 26.7 Å². The summed E-state index contributed by atoms with van der Waals surface area (Å²) in [6.07, 6.45) is 1.30. The minimum Gasteiger partial charge on any atom is -0.460 e. The van der Waals surface area contributed by atoms with Crippen molar-refractivity contribution in [3.8, 4) is 0 Å². The Labute approximate surface area is 218 Å². The van der Waals surface area contributed by atoms with Crippen LogP contribution in [0.2, 0.25) is 0 Å². The molecule has 0 heterocycles. The van der Waals surface area contributed by atoms with Gasteiger partial charge in [-0.1, -0.05) is 13.2 Å². The topological polar surface area (TPSA) is 163 Å². The SMILES string of the molecule is C=C(C)C(=O)OCCNC(=O)NCCCOCCOCCOCCCNC(=O)NCCOC(=O)C(=C)C. The first-order chi connectivity index (χ1) is 17.7. The number of esters is 2. The maximum atomic E-state index is 11.6. The zero-order valence-electron chi connectivity index (χ0n) is 22.0. The number of hydrogen-bond acceptors (Lipinski definition) is 9. The van der Waals surface area contributed by atoms with E-state index in [0.717, 1.165) is 0 Å². The molecule has 0 spiro atoms. The van der Waals surface area contributed by atoms with Gasteiger partial charge in [0, 0.05) is 37.4 Å². The van der Waals surface area contributed by atoms with Crippen LogP contribution in [0.5, 0.6) is 0 Å². The standard InChI is InChI=1S/C24H42N4O9/c1-19(2)21(29)36-13-9-27-23(31)25-7-5-11-33-15-17-35-18-16-34-12-6-8-26-24(32)28-10-14-37-22(30)20(3)4/h1,3,5-18H2,2,4H3,(H2,25,27,31)(H2,26,28,32). The quantitative estimate of drug-likeness (QED) is 0.0894. The van der Waals surface area contributed by atoms with Gasteiger partial charge in [0.2, 0.25) is 0 Å². The highest BCUT2D eigenvalue weighted by Crippen LogP contribution is 1.91. The van der Waals surface area contributed by atoms with E-state index in [-0.39, 0.29) is 38.4 Å². The van der Waals surface area contributed by atoms with Gasteiger partial charge < -0.3 is 45.0 Å². The summed E-state index contributed by atoms with van der Waals surface area (Å²) in [7, 11) is 0. The fourth-order valence-electron chi connectivity index (χ4n) is 2.28. The van der Waals surface area contributed by atoms with Gasteiger partial charge in [-0.15, -0.1) is 0 Å². The maximum absolute atomic E-state index is 11.6. The van der Waals surface area contributed by atoms with Gasteiger partial charge in [0.25, 0.3) is 0 Å². The molecule has 4 amide bonds. The van der Waals surface area contributed by atoms with E-state index >= 15 is 0 Å². The van der Waals surface area contributed by atoms with Crippen LogP contribution in [-0.2, 0) is 33.3 Å². The van der Waals surface area contributed by atoms with E-state index in [0.29, 0.717) is 76.7 Å². The van der Waals surface area contributed by atoms with E-state index < -0.39 is 11.9 Å². The van der Waals surface area contributed by atoms with Crippen LogP contribution in [0.4, 0.5) is 9.59 Å². The van der Waals surface area contributed by atoms with Crippen LogP contribution in [0, 0.1) is 0 Å². The van der Waals surface area contributed by atoms with Gasteiger partial charge >= 0.3 is 24.0 Å². The van der Waals surface area contributed by atoms with Crippen LogP contribution in [0.15, 0.2) is 24.3 Å². The fourth-order valence-corrected chi connectivity index (χ4v) is 2.28. The first-order valence-electron chi connectivity index (χ1n) is 12.2. The Balaban J connectivity index is 3.31. The van der Waals surface area contributed by atoms with Gasteiger partial charge in [-0.25, -0.2) is 19.2 Å². The van der Waals surface area contributed by atoms with Crippen molar-refractivity contribution >= 4 is 24.0 Å². The normalized spacial score (nSPS) is 10.2. The molecule has 0 saturated heterocycles. The Hall–Kier alpha value is -3.16. The average molecular weight is 531 g/mol. The summed E-state index contributed by atoms with van der Waals surface area (Å²) >= 11 is 0. The minimum atomic E-state index is -0.485. The Morgan fingerprint density at radius 2 is 0.838 bits per heavy atom. The Morgan fingerprint density at radius 3 is 1.19 bits per heavy atom. The summed E-state index contributed by atoms with van der Waals surface area (Å²) in [6.45, 7) is 14.3. The number of nitrogens with one attached hydrogen (secondary N) is 4. The third kappa shape index (κ3) is 23.0. The van der Waals surface area contributed by atoms with E-state index in [2.05, 4.69) is 34.4 Å². The second-order valence-corrected chi connectivity index (χ2v) is 7.74. The van der Waals surface area contributed by atoms with Crippen molar-refractivity contribution in [3.05, 3.63) is 24.3 Å².